The summed E-state index contributed by atoms with van der Waals surface area (Å²) in [5.74, 6) is 6.12. The Balaban J connectivity index is 2.85. The van der Waals surface area contributed by atoms with Gasteiger partial charge in [-0.3, -0.25) is 4.79 Å². The summed E-state index contributed by atoms with van der Waals surface area (Å²) in [5, 5.41) is 2.87. The zero-order valence-corrected chi connectivity index (χ0v) is 12.7. The summed E-state index contributed by atoms with van der Waals surface area (Å²) < 4.78 is 10.5. The van der Waals surface area contributed by atoms with Gasteiger partial charge in [0.1, 0.15) is 5.75 Å². The Bertz CT molecular complexity index is 532. The molecule has 0 aliphatic heterocycles. The predicted octanol–water partition coefficient (Wildman–Crippen LogP) is 1.16. The van der Waals surface area contributed by atoms with Crippen molar-refractivity contribution in [3.63, 3.8) is 0 Å². The lowest BCUT2D eigenvalue weighted by Crippen LogP contribution is -2.35. The molecular weight excluding hydrogens is 268 g/mol. The van der Waals surface area contributed by atoms with E-state index >= 15 is 0 Å². The van der Waals surface area contributed by atoms with Gasteiger partial charge in [-0.2, -0.15) is 0 Å². The molecule has 0 aliphatic carbocycles. The molecule has 1 unspecified atom stereocenters. The Morgan fingerprint density at radius 1 is 1.48 bits per heavy atom. The summed E-state index contributed by atoms with van der Waals surface area (Å²) >= 11 is 0. The van der Waals surface area contributed by atoms with E-state index in [1.165, 1.54) is 0 Å². The molecule has 114 valence electrons. The molecule has 0 bridgehead atoms. The second-order valence-corrected chi connectivity index (χ2v) is 4.45. The zero-order chi connectivity index (χ0) is 15.7. The first kappa shape index (κ1) is 17.0. The first-order valence-corrected chi connectivity index (χ1v) is 6.88. The third-order valence-electron chi connectivity index (χ3n) is 2.74. The minimum absolute atomic E-state index is 0.0573. The zero-order valence-electron chi connectivity index (χ0n) is 12.7. The van der Waals surface area contributed by atoms with Crippen molar-refractivity contribution in [3.8, 4) is 17.6 Å². The molecule has 1 amide bonds. The third-order valence-corrected chi connectivity index (χ3v) is 2.74. The number of carbonyl (C=O) groups excluding carboxylic acids is 1. The van der Waals surface area contributed by atoms with Crippen LogP contribution in [0.5, 0.6) is 5.75 Å². The number of ether oxygens (including phenoxy) is 2. The third kappa shape index (κ3) is 5.46. The summed E-state index contributed by atoms with van der Waals surface area (Å²) in [7, 11) is 1.56. The molecule has 5 nitrogen and oxygen atoms in total. The Labute approximate surface area is 125 Å². The van der Waals surface area contributed by atoms with Crippen LogP contribution in [0.15, 0.2) is 18.2 Å². The summed E-state index contributed by atoms with van der Waals surface area (Å²) in [5.41, 5.74) is 6.55. The van der Waals surface area contributed by atoms with E-state index in [4.69, 9.17) is 15.2 Å². The fourth-order valence-corrected chi connectivity index (χ4v) is 1.74. The van der Waals surface area contributed by atoms with Gasteiger partial charge in [-0.05, 0) is 32.0 Å². The molecule has 1 rings (SSSR count). The van der Waals surface area contributed by atoms with E-state index in [0.717, 1.165) is 0 Å². The minimum Gasteiger partial charge on any atom is -0.495 e. The van der Waals surface area contributed by atoms with Gasteiger partial charge in [0.05, 0.1) is 25.8 Å². The lowest BCUT2D eigenvalue weighted by molar-refractivity contribution is 0.0872. The van der Waals surface area contributed by atoms with E-state index in [1.807, 2.05) is 13.8 Å². The molecule has 3 N–H and O–H groups in total. The SMILES string of the molecule is CCOCC(C)NC(=O)c1ccc(OC)c(C#CCN)c1. The van der Waals surface area contributed by atoms with E-state index in [-0.39, 0.29) is 18.5 Å². The quantitative estimate of drug-likeness (QED) is 0.771. The number of amides is 1. The van der Waals surface area contributed by atoms with Crippen molar-refractivity contribution < 1.29 is 14.3 Å². The van der Waals surface area contributed by atoms with Crippen LogP contribution in [0.1, 0.15) is 29.8 Å². The average molecular weight is 290 g/mol. The molecule has 0 aliphatic rings. The second-order valence-electron chi connectivity index (χ2n) is 4.45. The minimum atomic E-state index is -0.166. The lowest BCUT2D eigenvalue weighted by Gasteiger charge is -2.14. The topological polar surface area (TPSA) is 73.6 Å². The number of benzene rings is 1. The molecule has 5 heteroatoms. The van der Waals surface area contributed by atoms with Gasteiger partial charge in [-0.25, -0.2) is 0 Å². The van der Waals surface area contributed by atoms with Crippen molar-refractivity contribution in [2.45, 2.75) is 19.9 Å². The van der Waals surface area contributed by atoms with Gasteiger partial charge >= 0.3 is 0 Å². The van der Waals surface area contributed by atoms with Crippen LogP contribution in [0.2, 0.25) is 0 Å². The van der Waals surface area contributed by atoms with E-state index in [1.54, 1.807) is 25.3 Å². The molecule has 1 atom stereocenters. The first-order valence-electron chi connectivity index (χ1n) is 6.88. The van der Waals surface area contributed by atoms with Crippen LogP contribution in [0.4, 0.5) is 0 Å². The van der Waals surface area contributed by atoms with Crippen molar-refractivity contribution in [2.24, 2.45) is 5.73 Å². The average Bonchev–Trinajstić information content (AvgIpc) is 2.50. The summed E-state index contributed by atoms with van der Waals surface area (Å²) in [6, 6.07) is 5.07. The van der Waals surface area contributed by atoms with Crippen LogP contribution in [0.3, 0.4) is 0 Å². The van der Waals surface area contributed by atoms with Gasteiger partial charge in [-0.15, -0.1) is 0 Å². The van der Waals surface area contributed by atoms with Crippen molar-refractivity contribution >= 4 is 5.91 Å². The number of rotatable bonds is 6. The number of hydrogen-bond acceptors (Lipinski definition) is 4. The monoisotopic (exact) mass is 290 g/mol. The maximum Gasteiger partial charge on any atom is 0.251 e. The Kier molecular flexibility index (Phi) is 7.30. The molecule has 0 radical (unpaired) electrons. The first-order chi connectivity index (χ1) is 10.1. The van der Waals surface area contributed by atoms with E-state index < -0.39 is 0 Å². The molecular formula is C16H22N2O3. The maximum absolute atomic E-state index is 12.2. The second kappa shape index (κ2) is 9.01. The number of methoxy groups -OCH3 is 1. The standard InChI is InChI=1S/C16H22N2O3/c1-4-21-11-12(2)18-16(19)14-7-8-15(20-3)13(10-14)6-5-9-17/h7-8,10,12H,4,9,11,17H2,1-3H3,(H,18,19). The number of nitrogens with one attached hydrogen (secondary N) is 1. The highest BCUT2D eigenvalue weighted by atomic mass is 16.5. The normalized spacial score (nSPS) is 11.2. The molecule has 0 saturated heterocycles. The van der Waals surface area contributed by atoms with Gasteiger partial charge in [0.2, 0.25) is 0 Å². The Morgan fingerprint density at radius 2 is 2.24 bits per heavy atom. The fourth-order valence-electron chi connectivity index (χ4n) is 1.74. The van der Waals surface area contributed by atoms with Crippen LogP contribution in [0, 0.1) is 11.8 Å². The summed E-state index contributed by atoms with van der Waals surface area (Å²) in [6.45, 7) is 5.18. The van der Waals surface area contributed by atoms with E-state index in [2.05, 4.69) is 17.2 Å². The van der Waals surface area contributed by atoms with Gasteiger partial charge < -0.3 is 20.5 Å². The largest absolute Gasteiger partial charge is 0.495 e. The molecule has 0 saturated carbocycles. The molecule has 0 heterocycles. The van der Waals surface area contributed by atoms with Gasteiger partial charge in [-0.1, -0.05) is 11.8 Å². The van der Waals surface area contributed by atoms with Crippen LogP contribution >= 0.6 is 0 Å². The lowest BCUT2D eigenvalue weighted by atomic mass is 10.1. The van der Waals surface area contributed by atoms with Crippen molar-refractivity contribution in [1.82, 2.24) is 5.32 Å². The molecule has 0 spiro atoms. The molecule has 0 fully saturated rings. The number of carbonyl (C=O) groups is 1. The van der Waals surface area contributed by atoms with Crippen LogP contribution < -0.4 is 15.8 Å². The smallest absolute Gasteiger partial charge is 0.251 e. The van der Waals surface area contributed by atoms with E-state index in [9.17, 15) is 4.79 Å². The predicted molar refractivity (Wildman–Crippen MR) is 82.3 cm³/mol. The molecule has 0 aromatic heterocycles. The van der Waals surface area contributed by atoms with Crippen molar-refractivity contribution in [2.75, 3.05) is 26.9 Å². The number of hydrogen-bond donors (Lipinski definition) is 2. The number of nitrogens with two attached hydrogens (primary N) is 1. The van der Waals surface area contributed by atoms with Gasteiger partial charge in [0.15, 0.2) is 0 Å². The van der Waals surface area contributed by atoms with Crippen LogP contribution in [0.25, 0.3) is 0 Å². The Hall–Kier alpha value is -2.03. The van der Waals surface area contributed by atoms with Crippen molar-refractivity contribution in [1.29, 1.82) is 0 Å². The highest BCUT2D eigenvalue weighted by molar-refractivity contribution is 5.95. The summed E-state index contributed by atoms with van der Waals surface area (Å²) in [6.07, 6.45) is 0. The molecule has 1 aromatic carbocycles. The van der Waals surface area contributed by atoms with Crippen LogP contribution in [-0.4, -0.2) is 38.8 Å². The highest BCUT2D eigenvalue weighted by Crippen LogP contribution is 2.18. The van der Waals surface area contributed by atoms with Crippen LogP contribution in [-0.2, 0) is 4.74 Å². The fraction of sp³-hybridized carbons (Fsp3) is 0.438. The van der Waals surface area contributed by atoms with E-state index in [0.29, 0.717) is 30.1 Å². The van der Waals surface area contributed by atoms with Gasteiger partial charge in [0.25, 0.3) is 5.91 Å². The molecule has 21 heavy (non-hydrogen) atoms. The maximum atomic E-state index is 12.2. The Morgan fingerprint density at radius 3 is 2.86 bits per heavy atom. The molecule has 1 aromatic rings. The van der Waals surface area contributed by atoms with Gasteiger partial charge in [0, 0.05) is 18.2 Å². The van der Waals surface area contributed by atoms with Crippen molar-refractivity contribution in [3.05, 3.63) is 29.3 Å². The summed E-state index contributed by atoms with van der Waals surface area (Å²) in [4.78, 5) is 12.2. The highest BCUT2D eigenvalue weighted by Gasteiger charge is 2.12.